The molecule has 2 rings (SSSR count). The molecule has 0 heterocycles. The second-order valence-electron chi connectivity index (χ2n) is 8.31. The Morgan fingerprint density at radius 1 is 0.923 bits per heavy atom. The van der Waals surface area contributed by atoms with Crippen molar-refractivity contribution in [1.29, 1.82) is 0 Å². The molecule has 4 heteroatoms. The molecule has 2 aromatic carbocycles. The van der Waals surface area contributed by atoms with Gasteiger partial charge in [-0.15, -0.1) is 0 Å². The number of benzene rings is 2. The Morgan fingerprint density at radius 2 is 1.54 bits per heavy atom. The summed E-state index contributed by atoms with van der Waals surface area (Å²) in [5.74, 6) is 0.850. The van der Waals surface area contributed by atoms with Gasteiger partial charge in [-0.1, -0.05) is 63.2 Å². The Labute approximate surface area is 159 Å². The van der Waals surface area contributed by atoms with Gasteiger partial charge in [0.05, 0.1) is 12.7 Å². The van der Waals surface area contributed by atoms with E-state index in [0.29, 0.717) is 13.0 Å². The summed E-state index contributed by atoms with van der Waals surface area (Å²) in [7, 11) is -1.89. The summed E-state index contributed by atoms with van der Waals surface area (Å²) in [6.45, 7) is 11.7. The van der Waals surface area contributed by atoms with E-state index in [1.807, 2.05) is 30.3 Å². The van der Waals surface area contributed by atoms with E-state index in [1.165, 1.54) is 0 Å². The van der Waals surface area contributed by atoms with Gasteiger partial charge < -0.3 is 14.3 Å². The number of hydrogen-bond donors (Lipinski definition) is 1. The first-order valence-corrected chi connectivity index (χ1v) is 12.2. The van der Waals surface area contributed by atoms with Crippen LogP contribution in [-0.4, -0.2) is 26.1 Å². The lowest BCUT2D eigenvalue weighted by Gasteiger charge is -2.39. The van der Waals surface area contributed by atoms with Gasteiger partial charge in [0.2, 0.25) is 0 Å². The van der Waals surface area contributed by atoms with Crippen molar-refractivity contribution in [2.45, 2.75) is 58.0 Å². The van der Waals surface area contributed by atoms with Gasteiger partial charge in [0.1, 0.15) is 12.4 Å². The van der Waals surface area contributed by atoms with Crippen LogP contribution in [0, 0.1) is 0 Å². The van der Waals surface area contributed by atoms with E-state index in [1.54, 1.807) is 0 Å². The molecule has 26 heavy (non-hydrogen) atoms. The first-order valence-electron chi connectivity index (χ1n) is 9.25. The van der Waals surface area contributed by atoms with Crippen molar-refractivity contribution in [2.75, 3.05) is 6.61 Å². The second kappa shape index (κ2) is 8.85. The van der Waals surface area contributed by atoms with Gasteiger partial charge in [-0.05, 0) is 47.8 Å². The van der Waals surface area contributed by atoms with Crippen LogP contribution in [-0.2, 0) is 17.5 Å². The zero-order chi connectivity index (χ0) is 19.2. The average molecular weight is 373 g/mol. The normalized spacial score (nSPS) is 13.5. The van der Waals surface area contributed by atoms with E-state index in [9.17, 15) is 5.11 Å². The van der Waals surface area contributed by atoms with E-state index in [2.05, 4.69) is 58.1 Å². The highest BCUT2D eigenvalue weighted by Crippen LogP contribution is 2.37. The number of rotatable bonds is 8. The van der Waals surface area contributed by atoms with Crippen molar-refractivity contribution in [3.05, 3.63) is 65.7 Å². The number of aliphatic hydroxyl groups is 1. The first kappa shape index (κ1) is 20.7. The Kier molecular flexibility index (Phi) is 7.04. The zero-order valence-corrected chi connectivity index (χ0v) is 17.7. The molecule has 142 valence electrons. The quantitative estimate of drug-likeness (QED) is 0.648. The van der Waals surface area contributed by atoms with Crippen LogP contribution in [0.4, 0.5) is 0 Å². The van der Waals surface area contributed by atoms with Crippen LogP contribution >= 0.6 is 0 Å². The predicted molar refractivity (Wildman–Crippen MR) is 110 cm³/mol. The van der Waals surface area contributed by atoms with Gasteiger partial charge in [-0.2, -0.15) is 0 Å². The van der Waals surface area contributed by atoms with Gasteiger partial charge in [0.25, 0.3) is 0 Å². The Hall–Kier alpha value is -1.62. The van der Waals surface area contributed by atoms with E-state index in [4.69, 9.17) is 9.16 Å². The first-order chi connectivity index (χ1) is 12.2. The lowest BCUT2D eigenvalue weighted by molar-refractivity contribution is 0.103. The summed E-state index contributed by atoms with van der Waals surface area (Å²) in [5, 5.41) is 9.89. The highest BCUT2D eigenvalue weighted by atomic mass is 28.4. The lowest BCUT2D eigenvalue weighted by atomic mass is 10.1. The van der Waals surface area contributed by atoms with E-state index >= 15 is 0 Å². The van der Waals surface area contributed by atoms with Crippen molar-refractivity contribution in [3.63, 3.8) is 0 Å². The molecule has 3 nitrogen and oxygen atoms in total. The molecule has 0 amide bonds. The van der Waals surface area contributed by atoms with Crippen molar-refractivity contribution in [3.8, 4) is 5.75 Å². The molecule has 0 bridgehead atoms. The lowest BCUT2D eigenvalue weighted by Crippen LogP contribution is -2.45. The minimum absolute atomic E-state index is 0.0404. The number of ether oxygens (including phenoxy) is 1. The van der Waals surface area contributed by atoms with Crippen molar-refractivity contribution < 1.29 is 14.3 Å². The fourth-order valence-electron chi connectivity index (χ4n) is 2.46. The van der Waals surface area contributed by atoms with E-state index in [0.717, 1.165) is 16.9 Å². The second-order valence-corrected chi connectivity index (χ2v) is 13.1. The van der Waals surface area contributed by atoms with Gasteiger partial charge in [-0.25, -0.2) is 0 Å². The molecule has 0 aliphatic rings. The SMILES string of the molecule is CC(C)(C)[Si](C)(C)OC(CO)Cc1ccc(OCc2ccccc2)cc1. The molecule has 0 aliphatic heterocycles. The molecule has 1 N–H and O–H groups in total. The molecule has 0 saturated heterocycles. The summed E-state index contributed by atoms with van der Waals surface area (Å²) >= 11 is 0. The molecule has 0 radical (unpaired) electrons. The van der Waals surface area contributed by atoms with Crippen LogP contribution < -0.4 is 4.74 Å². The minimum atomic E-state index is -1.89. The molecule has 1 atom stereocenters. The zero-order valence-electron chi connectivity index (χ0n) is 16.7. The van der Waals surface area contributed by atoms with Crippen LogP contribution in [0.2, 0.25) is 18.1 Å². The fourth-order valence-corrected chi connectivity index (χ4v) is 3.81. The maximum Gasteiger partial charge on any atom is 0.192 e. The standard InChI is InChI=1S/C22H32O3Si/c1-22(2,3)26(4,5)25-21(16-23)15-18-11-13-20(14-12-18)24-17-19-9-7-6-8-10-19/h6-14,21,23H,15-17H2,1-5H3. The van der Waals surface area contributed by atoms with Gasteiger partial charge >= 0.3 is 0 Å². The molecular formula is C22H32O3Si. The smallest absolute Gasteiger partial charge is 0.192 e. The minimum Gasteiger partial charge on any atom is -0.489 e. The van der Waals surface area contributed by atoms with Crippen molar-refractivity contribution in [2.24, 2.45) is 0 Å². The van der Waals surface area contributed by atoms with Gasteiger partial charge in [-0.3, -0.25) is 0 Å². The maximum atomic E-state index is 9.75. The molecule has 0 aliphatic carbocycles. The summed E-state index contributed by atoms with van der Waals surface area (Å²) in [6.07, 6.45) is 0.550. The molecule has 0 saturated carbocycles. The third-order valence-electron chi connectivity index (χ3n) is 5.11. The summed E-state index contributed by atoms with van der Waals surface area (Å²) in [4.78, 5) is 0. The van der Waals surface area contributed by atoms with Gasteiger partial charge in [0, 0.05) is 0 Å². The average Bonchev–Trinajstić information content (AvgIpc) is 2.60. The van der Waals surface area contributed by atoms with E-state index in [-0.39, 0.29) is 17.7 Å². The van der Waals surface area contributed by atoms with Gasteiger partial charge in [0.15, 0.2) is 8.32 Å². The fraction of sp³-hybridized carbons (Fsp3) is 0.455. The maximum absolute atomic E-state index is 9.75. The third-order valence-corrected chi connectivity index (χ3v) is 9.64. The highest BCUT2D eigenvalue weighted by Gasteiger charge is 2.39. The van der Waals surface area contributed by atoms with Crippen LogP contribution in [0.5, 0.6) is 5.75 Å². The topological polar surface area (TPSA) is 38.7 Å². The number of hydrogen-bond acceptors (Lipinski definition) is 3. The monoisotopic (exact) mass is 372 g/mol. The summed E-state index contributed by atoms with van der Waals surface area (Å²) < 4.78 is 12.2. The van der Waals surface area contributed by atoms with Crippen LogP contribution in [0.1, 0.15) is 31.9 Å². The Balaban J connectivity index is 1.92. The molecule has 0 fully saturated rings. The van der Waals surface area contributed by atoms with E-state index < -0.39 is 8.32 Å². The van der Waals surface area contributed by atoms with Crippen molar-refractivity contribution in [1.82, 2.24) is 0 Å². The Morgan fingerprint density at radius 3 is 2.08 bits per heavy atom. The molecular weight excluding hydrogens is 340 g/mol. The number of aliphatic hydroxyl groups excluding tert-OH is 1. The molecule has 0 spiro atoms. The molecule has 2 aromatic rings. The highest BCUT2D eigenvalue weighted by molar-refractivity contribution is 6.74. The summed E-state index contributed by atoms with van der Waals surface area (Å²) in [6, 6.07) is 18.2. The predicted octanol–water partition coefficient (Wildman–Crippen LogP) is 5.19. The third kappa shape index (κ3) is 5.97. The van der Waals surface area contributed by atoms with Crippen LogP contribution in [0.3, 0.4) is 0 Å². The van der Waals surface area contributed by atoms with Crippen molar-refractivity contribution >= 4 is 8.32 Å². The largest absolute Gasteiger partial charge is 0.489 e. The molecule has 0 aromatic heterocycles. The van der Waals surface area contributed by atoms with Crippen LogP contribution in [0.25, 0.3) is 0 Å². The van der Waals surface area contributed by atoms with Crippen LogP contribution in [0.15, 0.2) is 54.6 Å². The summed E-state index contributed by atoms with van der Waals surface area (Å²) in [5.41, 5.74) is 2.30. The molecule has 1 unspecified atom stereocenters. The Bertz CT molecular complexity index is 660.